The number of amides is 1. The van der Waals surface area contributed by atoms with E-state index in [9.17, 15) is 4.79 Å². The Hall–Kier alpha value is -0.580. The smallest absolute Gasteiger partial charge is 0.224 e. The zero-order valence-corrected chi connectivity index (χ0v) is 13.4. The fraction of sp³-hybridized carbons (Fsp3) is 0.500. The molecule has 106 valence electrons. The first-order valence-corrected chi connectivity index (χ1v) is 7.24. The van der Waals surface area contributed by atoms with Crippen LogP contribution in [0.25, 0.3) is 0 Å². The fourth-order valence-electron chi connectivity index (χ4n) is 2.26. The van der Waals surface area contributed by atoms with Crippen molar-refractivity contribution in [3.8, 4) is 0 Å². The summed E-state index contributed by atoms with van der Waals surface area (Å²) in [6.45, 7) is 3.09. The van der Waals surface area contributed by atoms with Crippen molar-refractivity contribution in [1.82, 2.24) is 5.32 Å². The first-order chi connectivity index (χ1) is 8.66. The van der Waals surface area contributed by atoms with Crippen molar-refractivity contribution in [3.05, 3.63) is 28.2 Å². The van der Waals surface area contributed by atoms with E-state index in [4.69, 9.17) is 0 Å². The highest BCUT2D eigenvalue weighted by Gasteiger charge is 2.15. The number of halogens is 2. The maximum absolute atomic E-state index is 11.9. The lowest BCUT2D eigenvalue weighted by molar-refractivity contribution is -0.116. The Kier molecular flexibility index (Phi) is 6.83. The summed E-state index contributed by atoms with van der Waals surface area (Å²) in [5.41, 5.74) is 1.97. The highest BCUT2D eigenvalue weighted by atomic mass is 79.9. The largest absolute Gasteiger partial charge is 0.326 e. The maximum atomic E-state index is 11.9. The van der Waals surface area contributed by atoms with Gasteiger partial charge in [-0.05, 0) is 50.4 Å². The lowest BCUT2D eigenvalue weighted by atomic mass is 10.1. The minimum atomic E-state index is 0. The van der Waals surface area contributed by atoms with Gasteiger partial charge in [0.2, 0.25) is 5.91 Å². The summed E-state index contributed by atoms with van der Waals surface area (Å²) in [4.78, 5) is 11.9. The van der Waals surface area contributed by atoms with Crippen LogP contribution in [0.5, 0.6) is 0 Å². The number of carbonyl (C=O) groups is 1. The molecule has 0 radical (unpaired) electrons. The Bertz CT molecular complexity index is 433. The lowest BCUT2D eigenvalue weighted by Crippen LogP contribution is -2.23. The third kappa shape index (κ3) is 4.79. The lowest BCUT2D eigenvalue weighted by Gasteiger charge is -2.12. The summed E-state index contributed by atoms with van der Waals surface area (Å²) in [5, 5.41) is 6.39. The van der Waals surface area contributed by atoms with Crippen LogP contribution in [0.4, 0.5) is 5.69 Å². The van der Waals surface area contributed by atoms with Gasteiger partial charge >= 0.3 is 0 Å². The van der Waals surface area contributed by atoms with E-state index in [1.54, 1.807) is 0 Å². The Balaban J connectivity index is 0.00000180. The summed E-state index contributed by atoms with van der Waals surface area (Å²) in [6, 6.07) is 6.38. The number of hydrogen-bond acceptors (Lipinski definition) is 2. The zero-order valence-electron chi connectivity index (χ0n) is 11.0. The predicted molar refractivity (Wildman–Crippen MR) is 85.0 cm³/mol. The van der Waals surface area contributed by atoms with Gasteiger partial charge in [0, 0.05) is 22.6 Å². The molecular formula is C14H20BrClN2O. The van der Waals surface area contributed by atoms with Crippen LogP contribution in [0.1, 0.15) is 31.2 Å². The van der Waals surface area contributed by atoms with Crippen LogP contribution in [-0.2, 0) is 4.79 Å². The molecule has 5 heteroatoms. The molecule has 1 aliphatic heterocycles. The molecule has 0 spiro atoms. The zero-order chi connectivity index (χ0) is 13.0. The van der Waals surface area contributed by atoms with Crippen molar-refractivity contribution >= 4 is 39.9 Å². The van der Waals surface area contributed by atoms with Gasteiger partial charge in [-0.2, -0.15) is 0 Å². The number of anilines is 1. The van der Waals surface area contributed by atoms with Gasteiger partial charge in [0.1, 0.15) is 0 Å². The number of nitrogens with one attached hydrogen (secondary N) is 2. The van der Waals surface area contributed by atoms with Gasteiger partial charge in [-0.15, -0.1) is 12.4 Å². The molecule has 1 fully saturated rings. The molecule has 1 atom stereocenters. The van der Waals surface area contributed by atoms with Gasteiger partial charge < -0.3 is 10.6 Å². The number of hydrogen-bond donors (Lipinski definition) is 2. The average Bonchev–Trinajstić information content (AvgIpc) is 2.86. The molecule has 0 saturated carbocycles. The second-order valence-corrected chi connectivity index (χ2v) is 5.65. The van der Waals surface area contributed by atoms with Crippen LogP contribution in [0.15, 0.2) is 22.7 Å². The van der Waals surface area contributed by atoms with Gasteiger partial charge in [-0.25, -0.2) is 0 Å². The van der Waals surface area contributed by atoms with Crippen molar-refractivity contribution < 1.29 is 4.79 Å². The van der Waals surface area contributed by atoms with Gasteiger partial charge in [0.15, 0.2) is 0 Å². The molecule has 1 saturated heterocycles. The molecule has 1 aromatic rings. The van der Waals surface area contributed by atoms with Gasteiger partial charge in [0.05, 0.1) is 0 Å². The molecule has 0 aromatic heterocycles. The third-order valence-corrected chi connectivity index (χ3v) is 4.28. The number of rotatable bonds is 4. The standard InChI is InChI=1S/C14H19BrN2O.ClH/c1-10-12(15)5-2-6-13(10)17-14(18)8-7-11-4-3-9-16-11;/h2,5-6,11,16H,3-4,7-9H2,1H3,(H,17,18);1H. The van der Waals surface area contributed by atoms with Gasteiger partial charge in [-0.3, -0.25) is 4.79 Å². The molecule has 1 aliphatic rings. The predicted octanol–water partition coefficient (Wildman–Crippen LogP) is 3.65. The molecule has 1 unspecified atom stereocenters. The van der Waals surface area contributed by atoms with Crippen LogP contribution < -0.4 is 10.6 Å². The van der Waals surface area contributed by atoms with Crippen LogP contribution in [0, 0.1) is 6.92 Å². The Morgan fingerprint density at radius 2 is 2.32 bits per heavy atom. The highest BCUT2D eigenvalue weighted by Crippen LogP contribution is 2.23. The summed E-state index contributed by atoms with van der Waals surface area (Å²) < 4.78 is 1.03. The molecule has 1 heterocycles. The van der Waals surface area contributed by atoms with Crippen molar-refractivity contribution in [2.45, 2.75) is 38.6 Å². The number of carbonyl (C=O) groups excluding carboxylic acids is 1. The van der Waals surface area contributed by atoms with E-state index >= 15 is 0 Å². The molecular weight excluding hydrogens is 328 g/mol. The molecule has 1 amide bonds. The van der Waals surface area contributed by atoms with E-state index in [-0.39, 0.29) is 18.3 Å². The maximum Gasteiger partial charge on any atom is 0.224 e. The fourth-order valence-corrected chi connectivity index (χ4v) is 2.63. The Labute approximate surface area is 129 Å². The van der Waals surface area contributed by atoms with Crippen molar-refractivity contribution in [3.63, 3.8) is 0 Å². The van der Waals surface area contributed by atoms with Crippen molar-refractivity contribution in [2.75, 3.05) is 11.9 Å². The van der Waals surface area contributed by atoms with Crippen molar-refractivity contribution in [2.24, 2.45) is 0 Å². The Morgan fingerprint density at radius 1 is 1.53 bits per heavy atom. The van der Waals surface area contributed by atoms with E-state index in [0.717, 1.165) is 28.7 Å². The highest BCUT2D eigenvalue weighted by molar-refractivity contribution is 9.10. The summed E-state index contributed by atoms with van der Waals surface area (Å²) in [5.74, 6) is 0.102. The number of benzene rings is 1. The third-order valence-electron chi connectivity index (χ3n) is 3.42. The molecule has 2 rings (SSSR count). The first-order valence-electron chi connectivity index (χ1n) is 6.45. The normalized spacial score (nSPS) is 17.9. The van der Waals surface area contributed by atoms with Crippen molar-refractivity contribution in [1.29, 1.82) is 0 Å². The topological polar surface area (TPSA) is 41.1 Å². The van der Waals surface area contributed by atoms with Crippen LogP contribution in [0.2, 0.25) is 0 Å². The van der Waals surface area contributed by atoms with E-state index in [1.165, 1.54) is 12.8 Å². The Morgan fingerprint density at radius 3 is 3.00 bits per heavy atom. The van der Waals surface area contributed by atoms with E-state index in [0.29, 0.717) is 12.5 Å². The monoisotopic (exact) mass is 346 g/mol. The summed E-state index contributed by atoms with van der Waals surface area (Å²) in [7, 11) is 0. The minimum absolute atomic E-state index is 0. The molecule has 2 N–H and O–H groups in total. The molecule has 1 aromatic carbocycles. The van der Waals surface area contributed by atoms with E-state index < -0.39 is 0 Å². The molecule has 3 nitrogen and oxygen atoms in total. The molecule has 0 bridgehead atoms. The van der Waals surface area contributed by atoms with Crippen LogP contribution in [0.3, 0.4) is 0 Å². The SMILES string of the molecule is Cc1c(Br)cccc1NC(=O)CCC1CCCN1.Cl. The van der Waals surface area contributed by atoms with E-state index in [2.05, 4.69) is 26.6 Å². The van der Waals surface area contributed by atoms with Crippen LogP contribution in [-0.4, -0.2) is 18.5 Å². The van der Waals surface area contributed by atoms with Crippen LogP contribution >= 0.6 is 28.3 Å². The second-order valence-electron chi connectivity index (χ2n) is 4.79. The molecule has 0 aliphatic carbocycles. The first kappa shape index (κ1) is 16.5. The quantitative estimate of drug-likeness (QED) is 0.873. The van der Waals surface area contributed by atoms with Gasteiger partial charge in [-0.1, -0.05) is 22.0 Å². The average molecular weight is 348 g/mol. The molecule has 19 heavy (non-hydrogen) atoms. The van der Waals surface area contributed by atoms with E-state index in [1.807, 2.05) is 25.1 Å². The second kappa shape index (κ2) is 7.88. The summed E-state index contributed by atoms with van der Waals surface area (Å²) >= 11 is 3.47. The minimum Gasteiger partial charge on any atom is -0.326 e. The van der Waals surface area contributed by atoms with Gasteiger partial charge in [0.25, 0.3) is 0 Å². The summed E-state index contributed by atoms with van der Waals surface area (Å²) in [6.07, 6.45) is 3.95.